The number of nitrogens with zero attached hydrogens (tertiary/aromatic N) is 4. The number of carbonyl (C=O) groups excluding carboxylic acids is 1. The quantitative estimate of drug-likeness (QED) is 0.126. The molecule has 12 rings (SSSR count). The van der Waals surface area contributed by atoms with Crippen molar-refractivity contribution in [3.05, 3.63) is 194 Å². The lowest BCUT2D eigenvalue weighted by atomic mass is 10.1. The third-order valence-electron chi connectivity index (χ3n) is 12.0. The Morgan fingerprint density at radius 2 is 0.757 bits per heavy atom. The van der Waals surface area contributed by atoms with Gasteiger partial charge >= 0.3 is 0 Å². The number of benzene rings is 8. The molecule has 0 radical (unpaired) electrons. The van der Waals surface area contributed by atoms with Gasteiger partial charge in [-0.25, -0.2) is 0 Å². The van der Waals surface area contributed by atoms with Crippen LogP contribution in [0.1, 0.15) is 23.7 Å². The molecule has 8 aromatic rings. The van der Waals surface area contributed by atoms with Crippen molar-refractivity contribution in [1.82, 2.24) is 0 Å². The van der Waals surface area contributed by atoms with Gasteiger partial charge in [-0.05, 0) is 110 Å². The summed E-state index contributed by atoms with van der Waals surface area (Å²) in [5, 5.41) is 27.5. The van der Waals surface area contributed by atoms with Crippen LogP contribution in [0.5, 0.6) is 11.5 Å². The van der Waals surface area contributed by atoms with Crippen LogP contribution in [0.25, 0.3) is 0 Å². The third-order valence-corrected chi connectivity index (χ3v) is 15.3. The number of aliphatic hydroxyl groups is 3. The molecule has 3 N–H and O–H groups in total. The molecule has 12 heteroatoms. The molecular formula is C58H54N4O5S3. The Morgan fingerprint density at radius 1 is 0.414 bits per heavy atom. The van der Waals surface area contributed by atoms with Crippen molar-refractivity contribution in [3.8, 4) is 11.5 Å². The van der Waals surface area contributed by atoms with E-state index < -0.39 is 0 Å². The lowest BCUT2D eigenvalue weighted by Crippen LogP contribution is -2.24. The summed E-state index contributed by atoms with van der Waals surface area (Å²) in [7, 11) is 2.04. The molecule has 0 aromatic heterocycles. The first kappa shape index (κ1) is 48.4. The van der Waals surface area contributed by atoms with Gasteiger partial charge < -0.3 is 39.7 Å². The summed E-state index contributed by atoms with van der Waals surface area (Å²) in [6.07, 6.45) is 0.785. The molecule has 8 aromatic carbocycles. The van der Waals surface area contributed by atoms with Crippen LogP contribution in [-0.2, 0) is 0 Å². The summed E-state index contributed by atoms with van der Waals surface area (Å²) >= 11 is 5.36. The fourth-order valence-electron chi connectivity index (χ4n) is 8.65. The highest BCUT2D eigenvalue weighted by Crippen LogP contribution is 2.50. The van der Waals surface area contributed by atoms with Gasteiger partial charge in [-0.1, -0.05) is 126 Å². The van der Waals surface area contributed by atoms with Gasteiger partial charge in [-0.15, -0.1) is 0 Å². The molecule has 0 fully saturated rings. The number of β-amino-alcohol motifs (C(OH)–C–C–N with tert-alkyl or cyclic N) is 2. The monoisotopic (exact) mass is 982 g/mol. The molecular weight excluding hydrogens is 929 g/mol. The van der Waals surface area contributed by atoms with Crippen LogP contribution in [0.2, 0.25) is 0 Å². The van der Waals surface area contributed by atoms with Crippen molar-refractivity contribution in [2.24, 2.45) is 0 Å². The van der Waals surface area contributed by atoms with Crippen molar-refractivity contribution in [2.45, 2.75) is 42.7 Å². The SMILES string of the molecule is CC(=O)c1ccc2c(c1)N(C)c1ccccc1S2.OCCCN1c2ccccc2Sc2ccccc21.OCCN1c2ccccc2Oc2ccccc21.OCCN1c2ccccc2Sc2ccccc21. The van der Waals surface area contributed by atoms with E-state index in [1.807, 2.05) is 104 Å². The number of fused-ring (bicyclic) bond motifs is 8. The first-order chi connectivity index (χ1) is 34.4. The molecule has 9 nitrogen and oxygen atoms in total. The number of rotatable bonds is 8. The van der Waals surface area contributed by atoms with Crippen LogP contribution in [0, 0.1) is 0 Å². The molecule has 0 saturated carbocycles. The Morgan fingerprint density at radius 3 is 1.17 bits per heavy atom. The van der Waals surface area contributed by atoms with Gasteiger partial charge in [0.15, 0.2) is 17.3 Å². The Bertz CT molecular complexity index is 2860. The normalized spacial score (nSPS) is 12.9. The van der Waals surface area contributed by atoms with Crippen molar-refractivity contribution in [3.63, 3.8) is 0 Å². The van der Waals surface area contributed by atoms with Crippen molar-refractivity contribution < 1.29 is 24.9 Å². The first-order valence-corrected chi connectivity index (χ1v) is 25.7. The highest BCUT2D eigenvalue weighted by molar-refractivity contribution is 8.00. The molecule has 4 heterocycles. The second-order valence-electron chi connectivity index (χ2n) is 16.5. The van der Waals surface area contributed by atoms with Gasteiger partial charge in [-0.3, -0.25) is 4.79 Å². The van der Waals surface area contributed by atoms with Crippen LogP contribution in [0.15, 0.2) is 217 Å². The Labute approximate surface area is 423 Å². The molecule has 0 amide bonds. The summed E-state index contributed by atoms with van der Waals surface area (Å²) in [5.74, 6) is 1.77. The summed E-state index contributed by atoms with van der Waals surface area (Å²) in [4.78, 5) is 27.7. The number of Topliss-reactive ketones (excluding diaryl/α,β-unsaturated/α-hetero) is 1. The smallest absolute Gasteiger partial charge is 0.159 e. The minimum absolute atomic E-state index is 0.107. The van der Waals surface area contributed by atoms with Gasteiger partial charge in [0.25, 0.3) is 0 Å². The Kier molecular flexibility index (Phi) is 15.8. The van der Waals surface area contributed by atoms with Crippen molar-refractivity contribution >= 4 is 86.6 Å². The summed E-state index contributed by atoms with van der Waals surface area (Å²) in [6.45, 7) is 4.16. The highest BCUT2D eigenvalue weighted by Gasteiger charge is 2.25. The maximum absolute atomic E-state index is 11.5. The van der Waals surface area contributed by atoms with E-state index in [9.17, 15) is 15.0 Å². The standard InChI is InChI=1S/C15H13NOS.C15H15NOS.C14H13NO2.C14H13NOS/c1-10(17)11-7-8-15-13(9-11)16(2)12-5-3-4-6-14(12)18-15;17-11-5-10-16-12-6-1-3-8-14(12)18-15-9-4-2-7-13(15)16;2*16-10-9-15-11-5-1-3-7-13(11)17-14-8-4-2-6-12(14)15/h3-9H,1-2H3;1-4,6-9,17H,5,10-11H2;2*1-8,16H,9-10H2. The van der Waals surface area contributed by atoms with Gasteiger partial charge in [0.2, 0.25) is 0 Å². The highest BCUT2D eigenvalue weighted by atomic mass is 32.2. The van der Waals surface area contributed by atoms with Crippen LogP contribution < -0.4 is 24.3 Å². The van der Waals surface area contributed by atoms with Crippen molar-refractivity contribution in [2.75, 3.05) is 66.1 Å². The maximum Gasteiger partial charge on any atom is 0.159 e. The zero-order valence-corrected chi connectivity index (χ0v) is 41.5. The zero-order chi connectivity index (χ0) is 48.4. The molecule has 354 valence electrons. The van der Waals surface area contributed by atoms with E-state index in [4.69, 9.17) is 9.84 Å². The van der Waals surface area contributed by atoms with E-state index in [1.165, 1.54) is 57.8 Å². The van der Waals surface area contributed by atoms with Gasteiger partial charge in [0, 0.05) is 68.2 Å². The molecule has 0 atom stereocenters. The predicted octanol–water partition coefficient (Wildman–Crippen LogP) is 14.0. The van der Waals surface area contributed by atoms with Gasteiger partial charge in [-0.2, -0.15) is 0 Å². The predicted molar refractivity (Wildman–Crippen MR) is 289 cm³/mol. The van der Waals surface area contributed by atoms with Gasteiger partial charge in [0.05, 0.1) is 58.7 Å². The summed E-state index contributed by atoms with van der Waals surface area (Å²) in [5.41, 5.74) is 9.92. The third kappa shape index (κ3) is 10.6. The minimum Gasteiger partial charge on any atom is -0.453 e. The summed E-state index contributed by atoms with van der Waals surface area (Å²) < 4.78 is 5.83. The molecule has 0 saturated heterocycles. The lowest BCUT2D eigenvalue weighted by Gasteiger charge is -2.32. The van der Waals surface area contributed by atoms with E-state index in [1.54, 1.807) is 30.4 Å². The molecule has 4 aliphatic rings. The van der Waals surface area contributed by atoms with Crippen LogP contribution >= 0.6 is 35.3 Å². The minimum atomic E-state index is 0.107. The largest absolute Gasteiger partial charge is 0.453 e. The number of aliphatic hydroxyl groups excluding tert-OH is 3. The molecule has 70 heavy (non-hydrogen) atoms. The Balaban J connectivity index is 0.000000116. The van der Waals surface area contributed by atoms with Crippen molar-refractivity contribution in [1.29, 1.82) is 0 Å². The van der Waals surface area contributed by atoms with Crippen LogP contribution in [0.4, 0.5) is 45.5 Å². The number of anilines is 8. The molecule has 4 aliphatic heterocycles. The van der Waals surface area contributed by atoms with Crippen LogP contribution in [-0.4, -0.2) is 67.6 Å². The number of hydrogen-bond donors (Lipinski definition) is 3. The number of hydrogen-bond acceptors (Lipinski definition) is 12. The molecule has 0 aliphatic carbocycles. The van der Waals surface area contributed by atoms with Gasteiger partial charge in [0.1, 0.15) is 0 Å². The second kappa shape index (κ2) is 22.9. The first-order valence-electron chi connectivity index (χ1n) is 23.3. The van der Waals surface area contributed by atoms with E-state index >= 15 is 0 Å². The second-order valence-corrected chi connectivity index (χ2v) is 19.7. The van der Waals surface area contributed by atoms with Crippen LogP contribution in [0.3, 0.4) is 0 Å². The number of ketones is 1. The van der Waals surface area contributed by atoms with E-state index in [2.05, 4.69) is 123 Å². The van der Waals surface area contributed by atoms with E-state index in [-0.39, 0.29) is 25.6 Å². The molecule has 0 unspecified atom stereocenters. The lowest BCUT2D eigenvalue weighted by molar-refractivity contribution is 0.101. The molecule has 0 bridgehead atoms. The maximum atomic E-state index is 11.5. The number of ether oxygens (including phenoxy) is 1. The average Bonchev–Trinajstić information content (AvgIpc) is 3.40. The average molecular weight is 983 g/mol. The Hall–Kier alpha value is -6.64. The fraction of sp³-hybridized carbons (Fsp3) is 0.155. The number of carbonyl (C=O) groups is 1. The van der Waals surface area contributed by atoms with E-state index in [0.29, 0.717) is 13.1 Å². The topological polar surface area (TPSA) is 100.0 Å². The number of para-hydroxylation sites is 9. The fourth-order valence-corrected chi connectivity index (χ4v) is 12.0. The van der Waals surface area contributed by atoms with E-state index in [0.717, 1.165) is 47.1 Å². The molecule has 0 spiro atoms. The summed E-state index contributed by atoms with van der Waals surface area (Å²) in [6, 6.07) is 63.5. The zero-order valence-electron chi connectivity index (χ0n) is 39.0.